The number of aryl methyl sites for hydroxylation is 1. The molecule has 3 aliphatic rings. The van der Waals surface area contributed by atoms with Crippen LogP contribution < -0.4 is 14.8 Å². The van der Waals surface area contributed by atoms with Crippen molar-refractivity contribution in [3.05, 3.63) is 106 Å². The predicted octanol–water partition coefficient (Wildman–Crippen LogP) is 9.88. The summed E-state index contributed by atoms with van der Waals surface area (Å²) in [6, 6.07) is 24.6. The molecule has 1 heterocycles. The second-order valence-electron chi connectivity index (χ2n) is 14.8. The molecule has 1 spiro atoms. The Morgan fingerprint density at radius 3 is 2.61 bits per heavy atom. The third-order valence-corrected chi connectivity index (χ3v) is 11.9. The van der Waals surface area contributed by atoms with Gasteiger partial charge in [-0.3, -0.25) is 4.98 Å². The number of benzene rings is 3. The average Bonchev–Trinajstić information content (AvgIpc) is 3.39. The number of hydrogen-bond donors (Lipinski definition) is 2. The van der Waals surface area contributed by atoms with Crippen LogP contribution in [0.4, 0.5) is 5.69 Å². The molecule has 3 atom stereocenters. The third-order valence-electron chi connectivity index (χ3n) is 11.7. The fourth-order valence-electron chi connectivity index (χ4n) is 9.08. The Balaban J connectivity index is 1.17. The number of anilines is 1. The standard InChI is InChI=1S/C42H47ClN2O4/c1-27(26-49-38-15-20-44-37-12-4-7-28(2)39(37)38)21-32-22-31-14-13-30(29-8-5-11-35(23-29)48-3)24-36(31)41(32)16-18-42(19-17-41,40(46)47)45-34-10-6-9-33(43)25-34/h5-6,8-11,13-15,20,23-25,27-28,32,45H,4,7,12,16-19,21-22,26H2,1-3H3,(H,46,47)/t27-,28-,32?,41?,42?/m1/s1. The van der Waals surface area contributed by atoms with E-state index in [9.17, 15) is 9.90 Å². The number of hydrogen-bond acceptors (Lipinski definition) is 5. The van der Waals surface area contributed by atoms with Crippen LogP contribution in [0.2, 0.25) is 5.02 Å². The average molecular weight is 679 g/mol. The van der Waals surface area contributed by atoms with Crippen LogP contribution in [-0.2, 0) is 23.1 Å². The van der Waals surface area contributed by atoms with E-state index in [1.165, 1.54) is 35.2 Å². The number of pyridine rings is 1. The highest BCUT2D eigenvalue weighted by molar-refractivity contribution is 6.30. The van der Waals surface area contributed by atoms with Crippen molar-refractivity contribution in [2.24, 2.45) is 11.8 Å². The summed E-state index contributed by atoms with van der Waals surface area (Å²) in [5.74, 6) is 2.19. The first kappa shape index (κ1) is 33.5. The largest absolute Gasteiger partial charge is 0.497 e. The van der Waals surface area contributed by atoms with Gasteiger partial charge in [-0.15, -0.1) is 0 Å². The zero-order chi connectivity index (χ0) is 34.2. The fraction of sp³-hybridized carbons (Fsp3) is 0.429. The van der Waals surface area contributed by atoms with Crippen LogP contribution in [-0.4, -0.2) is 35.3 Å². The van der Waals surface area contributed by atoms with E-state index >= 15 is 0 Å². The minimum Gasteiger partial charge on any atom is -0.497 e. The molecule has 4 aromatic rings. The zero-order valence-electron chi connectivity index (χ0n) is 28.8. The van der Waals surface area contributed by atoms with Crippen molar-refractivity contribution >= 4 is 23.3 Å². The maximum absolute atomic E-state index is 13.0. The summed E-state index contributed by atoms with van der Waals surface area (Å²) in [7, 11) is 1.70. The number of carbonyl (C=O) groups is 1. The second-order valence-corrected chi connectivity index (χ2v) is 15.2. The molecule has 2 N–H and O–H groups in total. The van der Waals surface area contributed by atoms with E-state index in [4.69, 9.17) is 21.1 Å². The first-order valence-electron chi connectivity index (χ1n) is 17.9. The molecule has 3 aromatic carbocycles. The van der Waals surface area contributed by atoms with Crippen molar-refractivity contribution in [1.82, 2.24) is 4.98 Å². The number of carboxylic acids is 1. The van der Waals surface area contributed by atoms with Crippen molar-refractivity contribution in [2.45, 2.75) is 88.5 Å². The Bertz CT molecular complexity index is 1830. The molecular weight excluding hydrogens is 632 g/mol. The molecule has 1 aromatic heterocycles. The van der Waals surface area contributed by atoms with Gasteiger partial charge >= 0.3 is 5.97 Å². The van der Waals surface area contributed by atoms with Crippen molar-refractivity contribution in [2.75, 3.05) is 19.0 Å². The van der Waals surface area contributed by atoms with Crippen LogP contribution in [0.25, 0.3) is 11.1 Å². The number of carboxylic acid groups (broad SMARTS) is 1. The van der Waals surface area contributed by atoms with Gasteiger partial charge in [0, 0.05) is 28.2 Å². The lowest BCUT2D eigenvalue weighted by molar-refractivity contribution is -0.144. The monoisotopic (exact) mass is 678 g/mol. The highest BCUT2D eigenvalue weighted by atomic mass is 35.5. The highest BCUT2D eigenvalue weighted by Crippen LogP contribution is 2.57. The number of nitrogens with one attached hydrogen (secondary N) is 1. The summed E-state index contributed by atoms with van der Waals surface area (Å²) in [5.41, 5.74) is 7.09. The molecule has 1 saturated carbocycles. The van der Waals surface area contributed by atoms with E-state index in [-0.39, 0.29) is 5.41 Å². The second kappa shape index (κ2) is 13.7. The fourth-order valence-corrected chi connectivity index (χ4v) is 9.27. The zero-order valence-corrected chi connectivity index (χ0v) is 29.6. The predicted molar refractivity (Wildman–Crippen MR) is 196 cm³/mol. The summed E-state index contributed by atoms with van der Waals surface area (Å²) >= 11 is 6.29. The van der Waals surface area contributed by atoms with Crippen LogP contribution in [0.3, 0.4) is 0 Å². The number of halogens is 1. The van der Waals surface area contributed by atoms with Gasteiger partial charge < -0.3 is 19.9 Å². The van der Waals surface area contributed by atoms with Crippen molar-refractivity contribution in [3.63, 3.8) is 0 Å². The number of rotatable bonds is 10. The molecule has 6 nitrogen and oxygen atoms in total. The first-order chi connectivity index (χ1) is 23.7. The van der Waals surface area contributed by atoms with Crippen molar-refractivity contribution < 1.29 is 19.4 Å². The van der Waals surface area contributed by atoms with Crippen LogP contribution in [0.15, 0.2) is 79.0 Å². The molecule has 7 heteroatoms. The summed E-state index contributed by atoms with van der Waals surface area (Å²) < 4.78 is 12.1. The van der Waals surface area contributed by atoms with Gasteiger partial charge in [-0.25, -0.2) is 4.79 Å². The molecule has 1 unspecified atom stereocenters. The lowest BCUT2D eigenvalue weighted by Gasteiger charge is -2.47. The number of aromatic nitrogens is 1. The Labute approximate surface area is 295 Å². The van der Waals surface area contributed by atoms with Gasteiger partial charge in [0.15, 0.2) is 0 Å². The van der Waals surface area contributed by atoms with Gasteiger partial charge in [0.1, 0.15) is 17.0 Å². The Morgan fingerprint density at radius 2 is 1.84 bits per heavy atom. The van der Waals surface area contributed by atoms with Crippen molar-refractivity contribution in [3.8, 4) is 22.6 Å². The topological polar surface area (TPSA) is 80.7 Å². The number of aliphatic carboxylic acids is 1. The minimum absolute atomic E-state index is 0.127. The van der Waals surface area contributed by atoms with Gasteiger partial charge in [-0.1, -0.05) is 61.8 Å². The summed E-state index contributed by atoms with van der Waals surface area (Å²) in [4.78, 5) is 17.7. The molecule has 0 amide bonds. The van der Waals surface area contributed by atoms with Crippen LogP contribution in [0, 0.1) is 11.8 Å². The molecular formula is C42H47ClN2O4. The van der Waals surface area contributed by atoms with Crippen LogP contribution in [0.5, 0.6) is 11.5 Å². The van der Waals surface area contributed by atoms with E-state index < -0.39 is 11.5 Å². The number of methoxy groups -OCH3 is 1. The molecule has 0 saturated heterocycles. The summed E-state index contributed by atoms with van der Waals surface area (Å²) in [6.07, 6.45) is 9.90. The molecule has 49 heavy (non-hydrogen) atoms. The Morgan fingerprint density at radius 1 is 1.04 bits per heavy atom. The van der Waals surface area contributed by atoms with Gasteiger partial charge in [0.05, 0.1) is 13.7 Å². The molecule has 0 radical (unpaired) electrons. The molecule has 1 fully saturated rings. The summed E-state index contributed by atoms with van der Waals surface area (Å²) in [5, 5.41) is 14.7. The maximum Gasteiger partial charge on any atom is 0.329 e. The first-order valence-corrected chi connectivity index (χ1v) is 18.2. The Kier molecular flexibility index (Phi) is 9.36. The number of fused-ring (bicyclic) bond motifs is 3. The minimum atomic E-state index is -1.06. The van der Waals surface area contributed by atoms with E-state index in [0.29, 0.717) is 42.2 Å². The maximum atomic E-state index is 13.0. The number of ether oxygens (including phenoxy) is 2. The normalized spacial score (nSPS) is 24.9. The van der Waals surface area contributed by atoms with Crippen LogP contribution in [0.1, 0.15) is 87.1 Å². The van der Waals surface area contributed by atoms with E-state index in [2.05, 4.69) is 54.5 Å². The number of nitrogens with zero attached hydrogens (tertiary/aromatic N) is 1. The van der Waals surface area contributed by atoms with Crippen LogP contribution >= 0.6 is 11.6 Å². The quantitative estimate of drug-likeness (QED) is 0.174. The van der Waals surface area contributed by atoms with Gasteiger partial charge in [0.25, 0.3) is 0 Å². The van der Waals surface area contributed by atoms with Gasteiger partial charge in [0.2, 0.25) is 0 Å². The lowest BCUT2D eigenvalue weighted by Crippen LogP contribution is -2.53. The Hall–Kier alpha value is -4.03. The smallest absolute Gasteiger partial charge is 0.329 e. The SMILES string of the molecule is COc1cccc(-c2ccc3c(c2)C2(CCC(Nc4cccc(Cl)c4)(C(=O)O)CC2)C(C[C@@H](C)COc2ccnc4c2[C@H](C)CCC4)C3)c1. The van der Waals surface area contributed by atoms with Gasteiger partial charge in [-0.05, 0) is 140 Å². The third kappa shape index (κ3) is 6.52. The molecule has 3 aliphatic carbocycles. The van der Waals surface area contributed by atoms with E-state index in [0.717, 1.165) is 60.4 Å². The van der Waals surface area contributed by atoms with E-state index in [1.54, 1.807) is 7.11 Å². The molecule has 256 valence electrons. The summed E-state index contributed by atoms with van der Waals surface area (Å²) in [6.45, 7) is 5.24. The lowest BCUT2D eigenvalue weighted by atomic mass is 9.59. The highest BCUT2D eigenvalue weighted by Gasteiger charge is 2.54. The molecule has 0 aliphatic heterocycles. The molecule has 7 rings (SSSR count). The van der Waals surface area contributed by atoms with Crippen molar-refractivity contribution in [1.29, 1.82) is 0 Å². The molecule has 0 bridgehead atoms. The van der Waals surface area contributed by atoms with Gasteiger partial charge in [-0.2, -0.15) is 0 Å². The van der Waals surface area contributed by atoms with E-state index in [1.807, 2.05) is 48.7 Å².